The highest BCUT2D eigenvalue weighted by Crippen LogP contribution is 2.18. The van der Waals surface area contributed by atoms with E-state index in [-0.39, 0.29) is 0 Å². The van der Waals surface area contributed by atoms with E-state index in [1.54, 1.807) is 6.07 Å². The van der Waals surface area contributed by atoms with E-state index in [0.717, 1.165) is 26.1 Å². The van der Waals surface area contributed by atoms with Gasteiger partial charge in [0.2, 0.25) is 5.88 Å². The van der Waals surface area contributed by atoms with Crippen LogP contribution in [0.1, 0.15) is 25.6 Å². The van der Waals surface area contributed by atoms with E-state index in [4.69, 9.17) is 19.9 Å². The van der Waals surface area contributed by atoms with Crippen LogP contribution >= 0.6 is 0 Å². The fraction of sp³-hybridized carbons (Fsp3) is 0.692. The monoisotopic (exact) mass is 267 g/mol. The molecule has 0 unspecified atom stereocenters. The van der Waals surface area contributed by atoms with Gasteiger partial charge in [0, 0.05) is 25.9 Å². The zero-order chi connectivity index (χ0) is 13.5. The minimum atomic E-state index is 0.356. The Balaban J connectivity index is 1.89. The van der Waals surface area contributed by atoms with Gasteiger partial charge < -0.3 is 19.9 Å². The second-order valence-corrected chi connectivity index (χ2v) is 4.55. The minimum absolute atomic E-state index is 0.356. The summed E-state index contributed by atoms with van der Waals surface area (Å²) in [5.41, 5.74) is 5.73. The molecule has 0 aromatic carbocycles. The quantitative estimate of drug-likeness (QED) is 0.839. The Morgan fingerprint density at radius 2 is 2.16 bits per heavy atom. The average molecular weight is 267 g/mol. The lowest BCUT2D eigenvalue weighted by Gasteiger charge is -2.21. The first kappa shape index (κ1) is 14.0. The fourth-order valence-electron chi connectivity index (χ4n) is 1.94. The molecule has 2 heterocycles. The van der Waals surface area contributed by atoms with E-state index in [1.165, 1.54) is 0 Å². The summed E-state index contributed by atoms with van der Waals surface area (Å²) in [6, 6.07) is 1.65. The number of nitrogens with zero attached hydrogens (tertiary/aromatic N) is 2. The van der Waals surface area contributed by atoms with Crippen molar-refractivity contribution < 1.29 is 14.2 Å². The molecule has 106 valence electrons. The number of rotatable bonds is 6. The number of hydrogen-bond acceptors (Lipinski definition) is 6. The number of aromatic nitrogens is 2. The van der Waals surface area contributed by atoms with Gasteiger partial charge in [-0.1, -0.05) is 0 Å². The maximum absolute atomic E-state index is 5.73. The summed E-state index contributed by atoms with van der Waals surface area (Å²) in [7, 11) is 0. The predicted octanol–water partition coefficient (Wildman–Crippen LogP) is 1.40. The molecule has 1 aromatic rings. The first-order valence-electron chi connectivity index (χ1n) is 6.69. The molecule has 1 saturated heterocycles. The van der Waals surface area contributed by atoms with Crippen molar-refractivity contribution in [2.24, 2.45) is 5.92 Å². The van der Waals surface area contributed by atoms with E-state index in [0.29, 0.717) is 43.3 Å². The molecule has 6 heteroatoms. The van der Waals surface area contributed by atoms with Crippen LogP contribution in [-0.4, -0.2) is 36.4 Å². The summed E-state index contributed by atoms with van der Waals surface area (Å²) in [6.45, 7) is 5.18. The first-order valence-corrected chi connectivity index (χ1v) is 6.69. The Kier molecular flexibility index (Phi) is 5.35. The van der Waals surface area contributed by atoms with Gasteiger partial charge in [-0.05, 0) is 25.7 Å². The number of hydrogen-bond donors (Lipinski definition) is 1. The maximum Gasteiger partial charge on any atom is 0.218 e. The minimum Gasteiger partial charge on any atom is -0.477 e. The van der Waals surface area contributed by atoms with Gasteiger partial charge in [0.1, 0.15) is 12.4 Å². The van der Waals surface area contributed by atoms with Crippen LogP contribution in [0.3, 0.4) is 0 Å². The SMILES string of the molecule is CCOCc1nc(N)cc(OCC2CCOCC2)n1. The van der Waals surface area contributed by atoms with Crippen LogP contribution < -0.4 is 10.5 Å². The fourth-order valence-corrected chi connectivity index (χ4v) is 1.94. The molecule has 6 nitrogen and oxygen atoms in total. The van der Waals surface area contributed by atoms with Crippen LogP contribution in [0.25, 0.3) is 0 Å². The van der Waals surface area contributed by atoms with E-state index in [1.807, 2.05) is 6.92 Å². The predicted molar refractivity (Wildman–Crippen MR) is 70.8 cm³/mol. The van der Waals surface area contributed by atoms with Crippen molar-refractivity contribution in [1.82, 2.24) is 9.97 Å². The molecule has 1 aliphatic rings. The van der Waals surface area contributed by atoms with Crippen LogP contribution in [0.5, 0.6) is 5.88 Å². The van der Waals surface area contributed by atoms with Crippen LogP contribution in [0.15, 0.2) is 6.07 Å². The zero-order valence-electron chi connectivity index (χ0n) is 11.3. The number of anilines is 1. The van der Waals surface area contributed by atoms with Crippen LogP contribution in [0, 0.1) is 5.92 Å². The van der Waals surface area contributed by atoms with Gasteiger partial charge in [0.25, 0.3) is 0 Å². The Morgan fingerprint density at radius 3 is 2.89 bits per heavy atom. The highest BCUT2D eigenvalue weighted by atomic mass is 16.5. The molecule has 0 aliphatic carbocycles. The van der Waals surface area contributed by atoms with E-state index in [9.17, 15) is 0 Å². The second-order valence-electron chi connectivity index (χ2n) is 4.55. The lowest BCUT2D eigenvalue weighted by Crippen LogP contribution is -2.21. The highest BCUT2D eigenvalue weighted by molar-refractivity contribution is 5.32. The average Bonchev–Trinajstić information content (AvgIpc) is 2.43. The molecule has 0 spiro atoms. The van der Waals surface area contributed by atoms with Crippen molar-refractivity contribution in [3.8, 4) is 5.88 Å². The second kappa shape index (κ2) is 7.25. The lowest BCUT2D eigenvalue weighted by atomic mass is 10.0. The molecule has 2 rings (SSSR count). The van der Waals surface area contributed by atoms with Gasteiger partial charge in [-0.3, -0.25) is 0 Å². The van der Waals surface area contributed by atoms with Crippen LogP contribution in [-0.2, 0) is 16.1 Å². The topological polar surface area (TPSA) is 79.5 Å². The normalized spacial score (nSPS) is 16.5. The van der Waals surface area contributed by atoms with Gasteiger partial charge in [-0.25, -0.2) is 4.98 Å². The summed E-state index contributed by atoms with van der Waals surface area (Å²) in [5, 5.41) is 0. The summed E-state index contributed by atoms with van der Waals surface area (Å²) >= 11 is 0. The molecule has 1 fully saturated rings. The Hall–Kier alpha value is -1.40. The van der Waals surface area contributed by atoms with E-state index in [2.05, 4.69) is 9.97 Å². The molecule has 0 amide bonds. The largest absolute Gasteiger partial charge is 0.477 e. The van der Waals surface area contributed by atoms with Gasteiger partial charge in [0.15, 0.2) is 5.82 Å². The molecule has 0 saturated carbocycles. The van der Waals surface area contributed by atoms with Gasteiger partial charge in [0.05, 0.1) is 6.61 Å². The summed E-state index contributed by atoms with van der Waals surface area (Å²) < 4.78 is 16.3. The zero-order valence-corrected chi connectivity index (χ0v) is 11.3. The third-order valence-electron chi connectivity index (χ3n) is 3.01. The van der Waals surface area contributed by atoms with Crippen molar-refractivity contribution in [3.05, 3.63) is 11.9 Å². The van der Waals surface area contributed by atoms with Gasteiger partial charge >= 0.3 is 0 Å². The Morgan fingerprint density at radius 1 is 1.37 bits per heavy atom. The standard InChI is InChI=1S/C13H21N3O3/c1-2-17-9-12-15-11(14)7-13(16-12)19-8-10-3-5-18-6-4-10/h7,10H,2-6,8-9H2,1H3,(H2,14,15,16). The van der Waals surface area contributed by atoms with Crippen LogP contribution in [0.4, 0.5) is 5.82 Å². The number of nitrogen functional groups attached to an aromatic ring is 1. The molecule has 2 N–H and O–H groups in total. The molecule has 1 aromatic heterocycles. The van der Waals surface area contributed by atoms with Crippen LogP contribution in [0.2, 0.25) is 0 Å². The van der Waals surface area contributed by atoms with Gasteiger partial charge in [-0.15, -0.1) is 0 Å². The molecule has 19 heavy (non-hydrogen) atoms. The number of ether oxygens (including phenoxy) is 3. The summed E-state index contributed by atoms with van der Waals surface area (Å²) in [6.07, 6.45) is 2.07. The molecule has 0 bridgehead atoms. The first-order chi connectivity index (χ1) is 9.28. The van der Waals surface area contributed by atoms with Crippen molar-refractivity contribution in [1.29, 1.82) is 0 Å². The van der Waals surface area contributed by atoms with Crippen molar-refractivity contribution in [2.45, 2.75) is 26.4 Å². The Bertz CT molecular complexity index is 395. The van der Waals surface area contributed by atoms with Gasteiger partial charge in [-0.2, -0.15) is 4.98 Å². The highest BCUT2D eigenvalue weighted by Gasteiger charge is 2.15. The van der Waals surface area contributed by atoms with Crippen molar-refractivity contribution in [2.75, 3.05) is 32.2 Å². The molecular formula is C13H21N3O3. The molecular weight excluding hydrogens is 246 g/mol. The third kappa shape index (κ3) is 4.65. The molecule has 1 aliphatic heterocycles. The molecule has 0 radical (unpaired) electrons. The summed E-state index contributed by atoms with van der Waals surface area (Å²) in [4.78, 5) is 8.39. The molecule has 0 atom stereocenters. The number of nitrogens with two attached hydrogens (primary N) is 1. The van der Waals surface area contributed by atoms with E-state index >= 15 is 0 Å². The third-order valence-corrected chi connectivity index (χ3v) is 3.01. The van der Waals surface area contributed by atoms with E-state index < -0.39 is 0 Å². The lowest BCUT2D eigenvalue weighted by molar-refractivity contribution is 0.0488. The smallest absolute Gasteiger partial charge is 0.218 e. The van der Waals surface area contributed by atoms with Crippen molar-refractivity contribution >= 4 is 5.82 Å². The maximum atomic E-state index is 5.73. The van der Waals surface area contributed by atoms with Crippen molar-refractivity contribution in [3.63, 3.8) is 0 Å². The summed E-state index contributed by atoms with van der Waals surface area (Å²) in [5.74, 6) is 2.02. The Labute approximate surface area is 113 Å².